The highest BCUT2D eigenvalue weighted by atomic mass is 32.2. The van der Waals surface area contributed by atoms with Crippen LogP contribution in [0.25, 0.3) is 0 Å². The summed E-state index contributed by atoms with van der Waals surface area (Å²) in [6.45, 7) is 1.67. The zero-order valence-electron chi connectivity index (χ0n) is 7.39. The van der Waals surface area contributed by atoms with E-state index in [1.165, 1.54) is 12.1 Å². The molecule has 0 heterocycles. The van der Waals surface area contributed by atoms with E-state index in [4.69, 9.17) is 4.55 Å². The van der Waals surface area contributed by atoms with Crippen molar-refractivity contribution in [2.24, 2.45) is 0 Å². The van der Waals surface area contributed by atoms with Crippen LogP contribution < -0.4 is 0 Å². The first-order valence-corrected chi connectivity index (χ1v) is 4.92. The molecule has 1 aromatic rings. The topological polar surface area (TPSA) is 103 Å². The van der Waals surface area contributed by atoms with Gasteiger partial charge in [0.15, 0.2) is 6.29 Å². The molecule has 0 unspecified atom stereocenters. The minimum atomic E-state index is -4.30. The van der Waals surface area contributed by atoms with Crippen molar-refractivity contribution in [1.29, 1.82) is 0 Å². The van der Waals surface area contributed by atoms with Gasteiger partial charge in [-0.2, -0.15) is 8.42 Å². The predicted octanol–water partition coefficient (Wildman–Crippen LogP) is 0.230. The van der Waals surface area contributed by atoms with Gasteiger partial charge in [-0.15, -0.1) is 0 Å². The van der Waals surface area contributed by atoms with Crippen molar-refractivity contribution in [2.75, 3.05) is 0 Å². The molecule has 0 saturated carbocycles. The van der Waals surface area contributed by atoms with Crippen LogP contribution in [0.3, 0.4) is 0 Å². The van der Waals surface area contributed by atoms with Gasteiger partial charge in [-0.3, -0.25) is 9.35 Å². The highest BCUT2D eigenvalue weighted by molar-refractivity contribution is 7.86. The number of carbonyl (C=O) groups excluding carboxylic acids is 1. The van der Waals surface area contributed by atoms with Gasteiger partial charge < -0.3 is 5.48 Å². The maximum Gasteiger partial charge on any atom is 0.295 e. The Bertz CT molecular complexity index is 435. The molecule has 0 saturated heterocycles. The lowest BCUT2D eigenvalue weighted by molar-refractivity contribution is 0.112. The van der Waals surface area contributed by atoms with Crippen molar-refractivity contribution in [2.45, 2.75) is 11.8 Å². The van der Waals surface area contributed by atoms with E-state index in [9.17, 15) is 13.2 Å². The van der Waals surface area contributed by atoms with Gasteiger partial charge in [-0.05, 0) is 18.6 Å². The van der Waals surface area contributed by atoms with Gasteiger partial charge in [0, 0.05) is 5.56 Å². The third-order valence-corrected chi connectivity index (χ3v) is 2.48. The van der Waals surface area contributed by atoms with E-state index in [-0.39, 0.29) is 15.9 Å². The van der Waals surface area contributed by atoms with Crippen LogP contribution in [0.4, 0.5) is 0 Å². The lowest BCUT2D eigenvalue weighted by atomic mass is 10.2. The number of carbonyl (C=O) groups is 1. The number of aldehydes is 1. The molecular formula is C8H10O5S. The second kappa shape index (κ2) is 4.32. The molecule has 1 rings (SSSR count). The Hall–Kier alpha value is -1.24. The fraction of sp³-hybridized carbons (Fsp3) is 0.125. The Balaban J connectivity index is 0.00000169. The smallest absolute Gasteiger partial charge is 0.295 e. The van der Waals surface area contributed by atoms with Crippen molar-refractivity contribution in [1.82, 2.24) is 0 Å². The molecule has 0 atom stereocenters. The van der Waals surface area contributed by atoms with Crippen molar-refractivity contribution in [3.63, 3.8) is 0 Å². The summed E-state index contributed by atoms with van der Waals surface area (Å²) in [5.74, 6) is 0. The summed E-state index contributed by atoms with van der Waals surface area (Å²) in [5.41, 5.74) is 0.631. The number of benzene rings is 1. The normalized spacial score (nSPS) is 10.4. The highest BCUT2D eigenvalue weighted by Gasteiger charge is 2.14. The molecule has 0 aliphatic rings. The Kier molecular flexibility index (Phi) is 3.93. The number of hydrogen-bond acceptors (Lipinski definition) is 3. The van der Waals surface area contributed by atoms with Gasteiger partial charge in [0.1, 0.15) is 4.90 Å². The third kappa shape index (κ3) is 2.63. The Morgan fingerprint density at radius 3 is 2.36 bits per heavy atom. The minimum Gasteiger partial charge on any atom is -0.412 e. The van der Waals surface area contributed by atoms with Crippen LogP contribution in [0.1, 0.15) is 15.9 Å². The zero-order valence-corrected chi connectivity index (χ0v) is 8.21. The zero-order chi connectivity index (χ0) is 10.1. The van der Waals surface area contributed by atoms with Crippen LogP contribution in [0.5, 0.6) is 0 Å². The number of hydrogen-bond donors (Lipinski definition) is 1. The average Bonchev–Trinajstić information content (AvgIpc) is 2.03. The summed E-state index contributed by atoms with van der Waals surface area (Å²) in [5, 5.41) is 0. The van der Waals surface area contributed by atoms with Crippen molar-refractivity contribution >= 4 is 16.4 Å². The monoisotopic (exact) mass is 218 g/mol. The lowest BCUT2D eigenvalue weighted by Crippen LogP contribution is -2.02. The van der Waals surface area contributed by atoms with Crippen LogP contribution in [0.15, 0.2) is 23.1 Å². The molecule has 0 amide bonds. The SMILES string of the molecule is Cc1ccc(C=O)c(S(=O)(=O)O)c1.O. The molecule has 0 aliphatic carbocycles. The van der Waals surface area contributed by atoms with Gasteiger partial charge >= 0.3 is 0 Å². The molecule has 0 aromatic heterocycles. The fourth-order valence-electron chi connectivity index (χ4n) is 0.962. The maximum atomic E-state index is 10.8. The molecule has 5 nitrogen and oxygen atoms in total. The van der Waals surface area contributed by atoms with E-state index in [2.05, 4.69) is 0 Å². The summed E-state index contributed by atoms with van der Waals surface area (Å²) >= 11 is 0. The van der Waals surface area contributed by atoms with E-state index in [1.54, 1.807) is 13.0 Å². The maximum absolute atomic E-state index is 10.8. The first-order chi connectivity index (χ1) is 5.95. The molecule has 1 aromatic carbocycles. The van der Waals surface area contributed by atoms with Crippen LogP contribution in [-0.2, 0) is 10.1 Å². The molecular weight excluding hydrogens is 208 g/mol. The average molecular weight is 218 g/mol. The summed E-state index contributed by atoms with van der Waals surface area (Å²) in [6, 6.07) is 4.20. The van der Waals surface area contributed by atoms with Crippen LogP contribution in [0, 0.1) is 6.92 Å². The quantitative estimate of drug-likeness (QED) is 0.566. The largest absolute Gasteiger partial charge is 0.412 e. The van der Waals surface area contributed by atoms with Crippen LogP contribution in [0.2, 0.25) is 0 Å². The lowest BCUT2D eigenvalue weighted by Gasteiger charge is -2.01. The third-order valence-electron chi connectivity index (χ3n) is 1.57. The van der Waals surface area contributed by atoms with E-state index >= 15 is 0 Å². The highest BCUT2D eigenvalue weighted by Crippen LogP contribution is 2.15. The van der Waals surface area contributed by atoms with Gasteiger partial charge in [-0.1, -0.05) is 12.1 Å². The molecule has 78 valence electrons. The number of rotatable bonds is 2. The Labute approximate surface area is 81.4 Å². The summed E-state index contributed by atoms with van der Waals surface area (Å²) in [7, 11) is -4.30. The molecule has 14 heavy (non-hydrogen) atoms. The molecule has 0 bridgehead atoms. The van der Waals surface area contributed by atoms with E-state index < -0.39 is 10.1 Å². The predicted molar refractivity (Wildman–Crippen MR) is 50.0 cm³/mol. The molecule has 3 N–H and O–H groups in total. The second-order valence-corrected chi connectivity index (χ2v) is 4.02. The summed E-state index contributed by atoms with van der Waals surface area (Å²) < 4.78 is 30.3. The van der Waals surface area contributed by atoms with Gasteiger partial charge in [0.25, 0.3) is 10.1 Å². The minimum absolute atomic E-state index is 0. The van der Waals surface area contributed by atoms with E-state index in [1.807, 2.05) is 0 Å². The van der Waals surface area contributed by atoms with Gasteiger partial charge in [0.2, 0.25) is 0 Å². The molecule has 0 fully saturated rings. The van der Waals surface area contributed by atoms with Gasteiger partial charge in [-0.25, -0.2) is 0 Å². The molecule has 6 heteroatoms. The van der Waals surface area contributed by atoms with Crippen LogP contribution >= 0.6 is 0 Å². The summed E-state index contributed by atoms with van der Waals surface area (Å²) in [4.78, 5) is 10.1. The van der Waals surface area contributed by atoms with Crippen molar-refractivity contribution < 1.29 is 23.2 Å². The molecule has 0 radical (unpaired) electrons. The molecule has 0 spiro atoms. The second-order valence-electron chi connectivity index (χ2n) is 2.63. The van der Waals surface area contributed by atoms with Gasteiger partial charge in [0.05, 0.1) is 0 Å². The van der Waals surface area contributed by atoms with E-state index in [0.29, 0.717) is 11.8 Å². The first kappa shape index (κ1) is 12.8. The standard InChI is InChI=1S/C8H8O4S.H2O/c1-6-2-3-7(5-9)8(4-6)13(10,11)12;/h2-5H,1H3,(H,10,11,12);1H2. The first-order valence-electron chi connectivity index (χ1n) is 3.48. The summed E-state index contributed by atoms with van der Waals surface area (Å²) in [6.07, 6.45) is 0.391. The fourth-order valence-corrected chi connectivity index (χ4v) is 1.71. The van der Waals surface area contributed by atoms with Crippen molar-refractivity contribution in [3.05, 3.63) is 29.3 Å². The van der Waals surface area contributed by atoms with Crippen LogP contribution in [-0.4, -0.2) is 24.7 Å². The van der Waals surface area contributed by atoms with E-state index in [0.717, 1.165) is 0 Å². The van der Waals surface area contributed by atoms with Crippen molar-refractivity contribution in [3.8, 4) is 0 Å². The Morgan fingerprint density at radius 1 is 1.36 bits per heavy atom. The number of aryl methyl sites for hydroxylation is 1. The Morgan fingerprint density at radius 2 is 1.93 bits per heavy atom. The molecule has 0 aliphatic heterocycles.